The number of carbonyl (C=O) groups excluding carboxylic acids is 3. The third-order valence-corrected chi connectivity index (χ3v) is 7.07. The largest absolute Gasteiger partial charge is 0.454 e. The van der Waals surface area contributed by atoms with E-state index in [2.05, 4.69) is 5.32 Å². The van der Waals surface area contributed by atoms with Crippen molar-refractivity contribution in [2.75, 3.05) is 0 Å². The van der Waals surface area contributed by atoms with Crippen molar-refractivity contribution < 1.29 is 31.9 Å². The minimum Gasteiger partial charge on any atom is -0.350 e. The highest BCUT2D eigenvalue weighted by Crippen LogP contribution is 2.48. The van der Waals surface area contributed by atoms with Gasteiger partial charge in [-0.2, -0.15) is 13.2 Å². The summed E-state index contributed by atoms with van der Waals surface area (Å²) >= 11 is 5.78. The molecule has 1 aromatic heterocycles. The number of halogens is 5. The number of fused-ring (bicyclic) bond motifs is 2. The van der Waals surface area contributed by atoms with Crippen LogP contribution >= 0.6 is 11.6 Å². The summed E-state index contributed by atoms with van der Waals surface area (Å²) in [6.07, 6.45) is -2.83. The van der Waals surface area contributed by atoms with Crippen LogP contribution in [0.4, 0.5) is 17.6 Å². The van der Waals surface area contributed by atoms with Gasteiger partial charge in [0.25, 0.3) is 5.78 Å². The van der Waals surface area contributed by atoms with Crippen LogP contribution in [0.1, 0.15) is 28.8 Å². The number of benzene rings is 2. The monoisotopic (exact) mass is 521 g/mol. The first-order chi connectivity index (χ1) is 17.1. The van der Waals surface area contributed by atoms with E-state index in [1.165, 1.54) is 39.8 Å². The first-order valence-corrected chi connectivity index (χ1v) is 11.6. The molecule has 11 heteroatoms. The maximum atomic E-state index is 14.2. The lowest BCUT2D eigenvalue weighted by molar-refractivity contribution is -0.140. The van der Waals surface area contributed by atoms with Crippen LogP contribution in [0.2, 0.25) is 5.02 Å². The fourth-order valence-corrected chi connectivity index (χ4v) is 5.17. The number of carbonyl (C=O) groups is 3. The molecular weight excluding hydrogens is 502 g/mol. The summed E-state index contributed by atoms with van der Waals surface area (Å²) in [6, 6.07) is 9.59. The topological polar surface area (TPSA) is 71.4 Å². The number of nitrogens with one attached hydrogen (secondary N) is 1. The minimum atomic E-state index is -5.05. The Kier molecular flexibility index (Phi) is 6.02. The van der Waals surface area contributed by atoms with Crippen LogP contribution in [-0.4, -0.2) is 45.3 Å². The van der Waals surface area contributed by atoms with Crippen molar-refractivity contribution >= 4 is 40.1 Å². The highest BCUT2D eigenvalue weighted by atomic mass is 35.5. The van der Waals surface area contributed by atoms with Gasteiger partial charge in [-0.25, -0.2) is 4.39 Å². The molecule has 1 aliphatic heterocycles. The fraction of sp³-hybridized carbons (Fsp3) is 0.320. The lowest BCUT2D eigenvalue weighted by Gasteiger charge is -2.27. The van der Waals surface area contributed by atoms with E-state index >= 15 is 0 Å². The van der Waals surface area contributed by atoms with Crippen LogP contribution < -0.4 is 5.32 Å². The van der Waals surface area contributed by atoms with Crippen molar-refractivity contribution in [1.82, 2.24) is 14.8 Å². The average Bonchev–Trinajstić information content (AvgIpc) is 3.35. The van der Waals surface area contributed by atoms with Gasteiger partial charge in [-0.15, -0.1) is 0 Å². The van der Waals surface area contributed by atoms with E-state index in [9.17, 15) is 31.9 Å². The van der Waals surface area contributed by atoms with E-state index in [4.69, 9.17) is 11.6 Å². The quantitative estimate of drug-likeness (QED) is 0.384. The molecule has 0 bridgehead atoms. The number of aromatic nitrogens is 1. The summed E-state index contributed by atoms with van der Waals surface area (Å²) < 4.78 is 54.8. The van der Waals surface area contributed by atoms with Crippen molar-refractivity contribution in [2.24, 2.45) is 5.92 Å². The van der Waals surface area contributed by atoms with E-state index in [1.807, 2.05) is 0 Å². The molecule has 2 fully saturated rings. The first-order valence-electron chi connectivity index (χ1n) is 11.3. The lowest BCUT2D eigenvalue weighted by Crippen LogP contribution is -2.48. The normalized spacial score (nSPS) is 20.9. The molecule has 6 nitrogen and oxygen atoms in total. The van der Waals surface area contributed by atoms with Crippen molar-refractivity contribution in [3.05, 3.63) is 70.6 Å². The minimum absolute atomic E-state index is 0.0667. The smallest absolute Gasteiger partial charge is 0.350 e. The summed E-state index contributed by atoms with van der Waals surface area (Å²) in [7, 11) is 0. The molecule has 5 rings (SSSR count). The Bertz CT molecular complexity index is 1390. The Morgan fingerprint density at radius 2 is 1.81 bits per heavy atom. The van der Waals surface area contributed by atoms with Gasteiger partial charge in [0.15, 0.2) is 0 Å². The Labute approximate surface area is 207 Å². The Morgan fingerprint density at radius 1 is 1.06 bits per heavy atom. The molecule has 0 radical (unpaired) electrons. The van der Waals surface area contributed by atoms with E-state index in [0.717, 1.165) is 12.6 Å². The zero-order valence-corrected chi connectivity index (χ0v) is 19.4. The molecule has 0 spiro atoms. The van der Waals surface area contributed by atoms with Crippen LogP contribution in [0.5, 0.6) is 0 Å². The fourth-order valence-electron chi connectivity index (χ4n) is 4.97. The number of piperidine rings is 1. The summed E-state index contributed by atoms with van der Waals surface area (Å²) in [5, 5.41) is 2.68. The standard InChI is InChI=1S/C25H20ClF4N3O3/c26-17-6-3-4-13(22(17)27)10-31-24(36)20-9-14-8-19(14)33(20)21(34)12-32-11-16(23(35)25(28,29)30)15-5-1-2-7-18(15)32/h1-7,11,14,19-20H,8-10,12H2,(H,31,36)/t14-,19-,20+/m1/s1. The number of amides is 2. The first kappa shape index (κ1) is 24.3. The summed E-state index contributed by atoms with van der Waals surface area (Å²) in [6.45, 7) is -0.439. The molecule has 36 heavy (non-hydrogen) atoms. The average molecular weight is 522 g/mol. The third-order valence-electron chi connectivity index (χ3n) is 6.78. The number of Topliss-reactive ketones (excluding diaryl/α,β-unsaturated/α-hetero) is 1. The number of hydrogen-bond acceptors (Lipinski definition) is 3. The van der Waals surface area contributed by atoms with Gasteiger partial charge in [-0.05, 0) is 30.9 Å². The van der Waals surface area contributed by atoms with E-state index in [0.29, 0.717) is 11.9 Å². The summed E-state index contributed by atoms with van der Waals surface area (Å²) in [5.74, 6) is -3.35. The molecule has 3 aromatic rings. The maximum absolute atomic E-state index is 14.2. The Hall–Kier alpha value is -3.40. The second-order valence-corrected chi connectivity index (χ2v) is 9.47. The molecule has 1 aliphatic carbocycles. The number of alkyl halides is 3. The highest BCUT2D eigenvalue weighted by Gasteiger charge is 2.56. The highest BCUT2D eigenvalue weighted by molar-refractivity contribution is 6.30. The lowest BCUT2D eigenvalue weighted by atomic mass is 10.1. The zero-order valence-electron chi connectivity index (χ0n) is 18.7. The molecule has 2 heterocycles. The van der Waals surface area contributed by atoms with Crippen molar-refractivity contribution in [3.63, 3.8) is 0 Å². The summed E-state index contributed by atoms with van der Waals surface area (Å²) in [4.78, 5) is 39.6. The number of rotatable bonds is 6. The van der Waals surface area contributed by atoms with Gasteiger partial charge in [0, 0.05) is 35.2 Å². The molecule has 188 valence electrons. The van der Waals surface area contributed by atoms with Crippen LogP contribution in [-0.2, 0) is 22.7 Å². The molecule has 0 unspecified atom stereocenters. The van der Waals surface area contributed by atoms with Crippen LogP contribution in [0.15, 0.2) is 48.7 Å². The molecule has 2 aliphatic rings. The molecule has 2 aromatic carbocycles. The van der Waals surface area contributed by atoms with Gasteiger partial charge in [-0.1, -0.05) is 41.9 Å². The second kappa shape index (κ2) is 8.92. The zero-order chi connectivity index (χ0) is 25.8. The number of ketones is 1. The number of likely N-dealkylation sites (tertiary alicyclic amines) is 1. The van der Waals surface area contributed by atoms with Gasteiger partial charge in [-0.3, -0.25) is 14.4 Å². The number of nitrogens with zero attached hydrogens (tertiary/aromatic N) is 2. The van der Waals surface area contributed by atoms with Crippen molar-refractivity contribution in [2.45, 2.75) is 44.2 Å². The second-order valence-electron chi connectivity index (χ2n) is 9.06. The van der Waals surface area contributed by atoms with E-state index in [1.54, 1.807) is 12.1 Å². The van der Waals surface area contributed by atoms with Crippen molar-refractivity contribution in [3.8, 4) is 0 Å². The van der Waals surface area contributed by atoms with Gasteiger partial charge in [0.2, 0.25) is 11.8 Å². The van der Waals surface area contributed by atoms with Crippen molar-refractivity contribution in [1.29, 1.82) is 0 Å². The molecule has 1 saturated heterocycles. The van der Waals surface area contributed by atoms with Gasteiger partial charge in [0.05, 0.1) is 10.6 Å². The Morgan fingerprint density at radius 3 is 2.56 bits per heavy atom. The molecule has 1 saturated carbocycles. The van der Waals surface area contributed by atoms with Gasteiger partial charge < -0.3 is 14.8 Å². The third kappa shape index (κ3) is 4.34. The molecule has 1 N–H and O–H groups in total. The molecule has 3 atom stereocenters. The van der Waals surface area contributed by atoms with Gasteiger partial charge in [0.1, 0.15) is 18.4 Å². The SMILES string of the molecule is O=C(NCc1cccc(Cl)c1F)[C@@H]1C[C@H]2C[C@H]2N1C(=O)Cn1cc(C(=O)C(F)(F)F)c2ccccc21. The van der Waals surface area contributed by atoms with E-state index < -0.39 is 41.2 Å². The number of para-hydroxylation sites is 1. The summed E-state index contributed by atoms with van der Waals surface area (Å²) in [5.41, 5.74) is -0.0190. The maximum Gasteiger partial charge on any atom is 0.454 e. The molecular formula is C25H20ClF4N3O3. The van der Waals surface area contributed by atoms with Crippen LogP contribution in [0.3, 0.4) is 0 Å². The molecule has 2 amide bonds. The predicted octanol–water partition coefficient (Wildman–Crippen LogP) is 4.48. The van der Waals surface area contributed by atoms with E-state index in [-0.39, 0.29) is 41.0 Å². The predicted molar refractivity (Wildman–Crippen MR) is 123 cm³/mol. The van der Waals surface area contributed by atoms with Gasteiger partial charge >= 0.3 is 6.18 Å². The Balaban J connectivity index is 1.35. The van der Waals surface area contributed by atoms with Crippen LogP contribution in [0, 0.1) is 11.7 Å². The number of hydrogen-bond donors (Lipinski definition) is 1. The van der Waals surface area contributed by atoms with Crippen LogP contribution in [0.25, 0.3) is 10.9 Å².